The Hall–Kier alpha value is -1.81. The average molecular weight is 339 g/mol. The lowest BCUT2D eigenvalue weighted by molar-refractivity contribution is -0.117. The van der Waals surface area contributed by atoms with Crippen molar-refractivity contribution in [1.82, 2.24) is 5.32 Å². The van der Waals surface area contributed by atoms with Crippen LogP contribution in [-0.2, 0) is 4.79 Å². The maximum atomic E-state index is 12.1. The van der Waals surface area contributed by atoms with Crippen molar-refractivity contribution >= 4 is 17.3 Å². The van der Waals surface area contributed by atoms with Crippen LogP contribution in [0.15, 0.2) is 36.4 Å². The number of carbonyl (C=O) groups is 1. The van der Waals surface area contributed by atoms with E-state index in [2.05, 4.69) is 53.6 Å². The van der Waals surface area contributed by atoms with Crippen LogP contribution < -0.4 is 15.1 Å². The summed E-state index contributed by atoms with van der Waals surface area (Å²) in [6.45, 7) is 4.35. The highest BCUT2D eigenvalue weighted by atomic mass is 16.2. The minimum absolute atomic E-state index is 0.258. The van der Waals surface area contributed by atoms with Gasteiger partial charge in [-0.1, -0.05) is 12.2 Å². The van der Waals surface area contributed by atoms with Crippen LogP contribution in [0.2, 0.25) is 0 Å². The van der Waals surface area contributed by atoms with E-state index in [9.17, 15) is 4.79 Å². The summed E-state index contributed by atoms with van der Waals surface area (Å²) >= 11 is 0. The molecule has 2 saturated heterocycles. The molecule has 1 amide bonds. The van der Waals surface area contributed by atoms with Gasteiger partial charge < -0.3 is 15.1 Å². The van der Waals surface area contributed by atoms with E-state index in [0.717, 1.165) is 25.2 Å². The topological polar surface area (TPSA) is 35.6 Å². The van der Waals surface area contributed by atoms with Crippen LogP contribution in [0.4, 0.5) is 11.4 Å². The molecule has 2 heterocycles. The Morgan fingerprint density at radius 2 is 1.56 bits per heavy atom. The van der Waals surface area contributed by atoms with Gasteiger partial charge in [0.05, 0.1) is 0 Å². The van der Waals surface area contributed by atoms with Gasteiger partial charge in [-0.25, -0.2) is 0 Å². The summed E-state index contributed by atoms with van der Waals surface area (Å²) in [6.07, 6.45) is 11.0. The van der Waals surface area contributed by atoms with Crippen molar-refractivity contribution in [2.45, 2.75) is 63.6 Å². The van der Waals surface area contributed by atoms with Gasteiger partial charge in [0.2, 0.25) is 5.91 Å². The molecule has 4 rings (SSSR count). The maximum Gasteiger partial charge on any atom is 0.227 e. The summed E-state index contributed by atoms with van der Waals surface area (Å²) in [5, 5.41) is 3.81. The second-order valence-corrected chi connectivity index (χ2v) is 7.74. The number of nitrogens with zero attached hydrogens (tertiary/aromatic N) is 2. The Kier molecular flexibility index (Phi) is 4.80. The van der Waals surface area contributed by atoms with E-state index in [-0.39, 0.29) is 5.91 Å². The van der Waals surface area contributed by atoms with E-state index in [1.165, 1.54) is 31.4 Å². The number of hydrogen-bond donors (Lipinski definition) is 1. The number of piperidine rings is 1. The first-order valence-electron chi connectivity index (χ1n) is 9.79. The molecule has 1 aliphatic carbocycles. The predicted molar refractivity (Wildman–Crippen MR) is 103 cm³/mol. The van der Waals surface area contributed by atoms with Gasteiger partial charge in [-0.15, -0.1) is 0 Å². The zero-order chi connectivity index (χ0) is 17.2. The normalized spacial score (nSPS) is 25.3. The fourth-order valence-corrected chi connectivity index (χ4v) is 4.44. The predicted octanol–water partition coefficient (Wildman–Crippen LogP) is 3.48. The third kappa shape index (κ3) is 3.59. The first kappa shape index (κ1) is 16.6. The van der Waals surface area contributed by atoms with Gasteiger partial charge in [0.25, 0.3) is 0 Å². The van der Waals surface area contributed by atoms with E-state index in [1.54, 1.807) is 0 Å². The first-order chi connectivity index (χ1) is 12.2. The second-order valence-electron chi connectivity index (χ2n) is 7.74. The molecule has 0 bridgehead atoms. The van der Waals surface area contributed by atoms with E-state index in [1.807, 2.05) is 4.90 Å². The smallest absolute Gasteiger partial charge is 0.227 e. The molecule has 0 saturated carbocycles. The summed E-state index contributed by atoms with van der Waals surface area (Å²) in [5.41, 5.74) is 2.33. The number of rotatable bonds is 4. The Balaban J connectivity index is 1.33. The van der Waals surface area contributed by atoms with Gasteiger partial charge in [0.1, 0.15) is 0 Å². The van der Waals surface area contributed by atoms with Gasteiger partial charge >= 0.3 is 0 Å². The Morgan fingerprint density at radius 3 is 2.16 bits per heavy atom. The summed E-state index contributed by atoms with van der Waals surface area (Å²) in [6, 6.07) is 10.2. The number of anilines is 2. The average Bonchev–Trinajstić information content (AvgIpc) is 3.26. The molecule has 1 aromatic rings. The van der Waals surface area contributed by atoms with Gasteiger partial charge in [0, 0.05) is 49.0 Å². The quantitative estimate of drug-likeness (QED) is 0.853. The van der Waals surface area contributed by atoms with Crippen LogP contribution in [0.3, 0.4) is 0 Å². The van der Waals surface area contributed by atoms with Crippen molar-refractivity contribution < 1.29 is 4.79 Å². The molecular weight excluding hydrogens is 310 g/mol. The van der Waals surface area contributed by atoms with Crippen LogP contribution in [0, 0.1) is 0 Å². The van der Waals surface area contributed by atoms with Crippen molar-refractivity contribution in [2.24, 2.45) is 0 Å². The van der Waals surface area contributed by atoms with Crippen molar-refractivity contribution in [1.29, 1.82) is 0 Å². The number of benzene rings is 1. The number of amides is 1. The third-order valence-electron chi connectivity index (χ3n) is 5.95. The largest absolute Gasteiger partial charge is 0.371 e. The van der Waals surface area contributed by atoms with E-state index < -0.39 is 0 Å². The minimum Gasteiger partial charge on any atom is -0.371 e. The molecule has 2 aliphatic heterocycles. The number of nitrogens with one attached hydrogen (secondary N) is 1. The van der Waals surface area contributed by atoms with Crippen LogP contribution in [0.1, 0.15) is 45.4 Å². The number of carbonyl (C=O) groups excluding carboxylic acids is 1. The summed E-state index contributed by atoms with van der Waals surface area (Å²) in [5.74, 6) is 0.258. The molecule has 1 unspecified atom stereocenters. The third-order valence-corrected chi connectivity index (χ3v) is 5.95. The summed E-state index contributed by atoms with van der Waals surface area (Å²) in [7, 11) is 0. The fraction of sp³-hybridized carbons (Fsp3) is 0.571. The molecular formula is C21H29N3O. The minimum atomic E-state index is 0.258. The molecule has 0 spiro atoms. The molecule has 2 fully saturated rings. The maximum absolute atomic E-state index is 12.1. The van der Waals surface area contributed by atoms with Gasteiger partial charge in [0.15, 0.2) is 0 Å². The highest BCUT2D eigenvalue weighted by molar-refractivity contribution is 5.96. The lowest BCUT2D eigenvalue weighted by Gasteiger charge is -2.35. The zero-order valence-corrected chi connectivity index (χ0v) is 15.2. The lowest BCUT2D eigenvalue weighted by Crippen LogP contribution is -2.45. The summed E-state index contributed by atoms with van der Waals surface area (Å²) in [4.78, 5) is 16.5. The Labute approximate surface area is 150 Å². The van der Waals surface area contributed by atoms with Crippen LogP contribution in [0.5, 0.6) is 0 Å². The highest BCUT2D eigenvalue weighted by Crippen LogP contribution is 2.29. The molecule has 4 nitrogen and oxygen atoms in total. The number of hydrogen-bond acceptors (Lipinski definition) is 3. The van der Waals surface area contributed by atoms with Gasteiger partial charge in [-0.05, 0) is 63.3 Å². The van der Waals surface area contributed by atoms with Crippen molar-refractivity contribution in [3.63, 3.8) is 0 Å². The first-order valence-corrected chi connectivity index (χ1v) is 9.79. The molecule has 3 aliphatic rings. The van der Waals surface area contributed by atoms with Crippen LogP contribution in [-0.4, -0.2) is 37.1 Å². The zero-order valence-electron chi connectivity index (χ0n) is 15.2. The SMILES string of the molecule is CC1CCC(=O)N1c1ccc(N2CCC(NC3CC=CC3)CC2)cc1. The van der Waals surface area contributed by atoms with Gasteiger partial charge in [-0.3, -0.25) is 4.79 Å². The van der Waals surface area contributed by atoms with Gasteiger partial charge in [-0.2, -0.15) is 0 Å². The van der Waals surface area contributed by atoms with Crippen LogP contribution in [0.25, 0.3) is 0 Å². The highest BCUT2D eigenvalue weighted by Gasteiger charge is 2.29. The van der Waals surface area contributed by atoms with E-state index in [0.29, 0.717) is 24.5 Å². The van der Waals surface area contributed by atoms with Crippen molar-refractivity contribution in [3.05, 3.63) is 36.4 Å². The standard InChI is InChI=1S/C21H29N3O/c1-16-6-11-21(25)24(16)20-9-7-19(8-10-20)23-14-12-18(13-15-23)22-17-4-2-3-5-17/h2-3,7-10,16-18,22H,4-6,11-15H2,1H3. The molecule has 4 heteroatoms. The molecule has 1 aromatic carbocycles. The van der Waals surface area contributed by atoms with Crippen molar-refractivity contribution in [3.8, 4) is 0 Å². The Morgan fingerprint density at radius 1 is 0.920 bits per heavy atom. The summed E-state index contributed by atoms with van der Waals surface area (Å²) < 4.78 is 0. The molecule has 25 heavy (non-hydrogen) atoms. The van der Waals surface area contributed by atoms with E-state index in [4.69, 9.17) is 0 Å². The second kappa shape index (κ2) is 7.20. The fourth-order valence-electron chi connectivity index (χ4n) is 4.44. The van der Waals surface area contributed by atoms with Crippen LogP contribution >= 0.6 is 0 Å². The van der Waals surface area contributed by atoms with E-state index >= 15 is 0 Å². The van der Waals surface area contributed by atoms with Crippen molar-refractivity contribution in [2.75, 3.05) is 22.9 Å². The molecule has 1 N–H and O–H groups in total. The molecule has 134 valence electrons. The molecule has 0 aromatic heterocycles. The molecule has 1 atom stereocenters. The molecule has 0 radical (unpaired) electrons. The monoisotopic (exact) mass is 339 g/mol. The Bertz CT molecular complexity index is 623. The lowest BCUT2D eigenvalue weighted by atomic mass is 10.0.